The van der Waals surface area contributed by atoms with Gasteiger partial charge in [0.25, 0.3) is 11.8 Å². The summed E-state index contributed by atoms with van der Waals surface area (Å²) in [4.78, 5) is 32.0. The smallest absolute Gasteiger partial charge is 0.261 e. The van der Waals surface area contributed by atoms with Gasteiger partial charge in [-0.05, 0) is 69.9 Å². The third kappa shape index (κ3) is 3.60. The Morgan fingerprint density at radius 1 is 1.21 bits per heavy atom. The third-order valence-electron chi connectivity index (χ3n) is 5.58. The second kappa shape index (κ2) is 7.66. The van der Waals surface area contributed by atoms with Crippen LogP contribution in [-0.2, 0) is 0 Å². The van der Waals surface area contributed by atoms with Gasteiger partial charge >= 0.3 is 0 Å². The van der Waals surface area contributed by atoms with E-state index in [1.165, 1.54) is 6.42 Å². The Kier molecular flexibility index (Phi) is 5.05. The first-order valence-electron chi connectivity index (χ1n) is 9.98. The van der Waals surface area contributed by atoms with Crippen molar-refractivity contribution in [2.45, 2.75) is 46.1 Å². The van der Waals surface area contributed by atoms with Gasteiger partial charge in [-0.15, -0.1) is 0 Å². The first-order valence-corrected chi connectivity index (χ1v) is 9.98. The van der Waals surface area contributed by atoms with Gasteiger partial charge in [-0.3, -0.25) is 9.59 Å². The Morgan fingerprint density at radius 2 is 2.03 bits per heavy atom. The number of anilines is 1. The molecule has 0 radical (unpaired) electrons. The van der Waals surface area contributed by atoms with E-state index in [2.05, 4.69) is 22.3 Å². The Labute approximate surface area is 169 Å². The van der Waals surface area contributed by atoms with Crippen LogP contribution in [0.15, 0.2) is 36.7 Å². The summed E-state index contributed by atoms with van der Waals surface area (Å²) in [5.74, 6) is -0.205. The Hall–Kier alpha value is -3.22. The molecule has 1 aliphatic rings. The van der Waals surface area contributed by atoms with E-state index in [-0.39, 0.29) is 17.9 Å². The zero-order valence-corrected chi connectivity index (χ0v) is 17.0. The molecule has 1 fully saturated rings. The van der Waals surface area contributed by atoms with Crippen molar-refractivity contribution >= 4 is 23.1 Å². The Morgan fingerprint density at radius 3 is 2.79 bits per heavy atom. The van der Waals surface area contributed by atoms with Crippen molar-refractivity contribution in [3.63, 3.8) is 0 Å². The number of likely N-dealkylation sites (tertiary alicyclic amines) is 1. The number of aryl methyl sites for hydroxylation is 2. The second-order valence-corrected chi connectivity index (χ2v) is 7.68. The zero-order chi connectivity index (χ0) is 20.5. The maximum absolute atomic E-state index is 12.9. The fourth-order valence-corrected chi connectivity index (χ4v) is 3.95. The quantitative estimate of drug-likeness (QED) is 0.740. The summed E-state index contributed by atoms with van der Waals surface area (Å²) < 4.78 is 1.60. The molecule has 1 unspecified atom stereocenters. The third-order valence-corrected chi connectivity index (χ3v) is 5.58. The lowest BCUT2D eigenvalue weighted by molar-refractivity contribution is 0.0635. The molecule has 1 saturated heterocycles. The lowest BCUT2D eigenvalue weighted by atomic mass is 10.0. The average molecular weight is 391 g/mol. The van der Waals surface area contributed by atoms with Gasteiger partial charge in [0.15, 0.2) is 5.65 Å². The predicted octanol–water partition coefficient (Wildman–Crippen LogP) is 3.61. The summed E-state index contributed by atoms with van der Waals surface area (Å²) in [7, 11) is 0. The zero-order valence-electron chi connectivity index (χ0n) is 17.0. The highest BCUT2D eigenvalue weighted by Gasteiger charge is 2.25. The first kappa shape index (κ1) is 19.1. The molecule has 0 spiro atoms. The van der Waals surface area contributed by atoms with Crippen LogP contribution in [0.3, 0.4) is 0 Å². The van der Waals surface area contributed by atoms with Gasteiger partial charge in [0, 0.05) is 36.2 Å². The number of hydrogen-bond acceptors (Lipinski definition) is 4. The molecule has 29 heavy (non-hydrogen) atoms. The number of nitrogens with zero attached hydrogens (tertiary/aromatic N) is 4. The van der Waals surface area contributed by atoms with Gasteiger partial charge in [0.05, 0.1) is 5.69 Å². The van der Waals surface area contributed by atoms with Crippen LogP contribution >= 0.6 is 0 Å². The van der Waals surface area contributed by atoms with E-state index in [4.69, 9.17) is 0 Å². The predicted molar refractivity (Wildman–Crippen MR) is 111 cm³/mol. The topological polar surface area (TPSA) is 79.6 Å². The van der Waals surface area contributed by atoms with Crippen LogP contribution in [0, 0.1) is 13.8 Å². The Balaban J connectivity index is 1.56. The van der Waals surface area contributed by atoms with Crippen molar-refractivity contribution in [3.8, 4) is 0 Å². The van der Waals surface area contributed by atoms with Crippen molar-refractivity contribution in [2.24, 2.45) is 0 Å². The molecule has 1 atom stereocenters. The van der Waals surface area contributed by atoms with Gasteiger partial charge < -0.3 is 10.2 Å². The normalized spacial score (nSPS) is 16.8. The number of hydrogen-bond donors (Lipinski definition) is 1. The van der Waals surface area contributed by atoms with E-state index in [0.717, 1.165) is 24.9 Å². The number of benzene rings is 1. The summed E-state index contributed by atoms with van der Waals surface area (Å²) >= 11 is 0. The SMILES string of the molecule is Cc1cc(C(=O)N2CCCCC2C)ccc1NC(=O)c1c(C)nn2cccnc12. The van der Waals surface area contributed by atoms with Crippen LogP contribution in [0.25, 0.3) is 5.65 Å². The van der Waals surface area contributed by atoms with Crippen LogP contribution in [0.4, 0.5) is 5.69 Å². The first-order chi connectivity index (χ1) is 14.0. The number of amides is 2. The minimum Gasteiger partial charge on any atom is -0.336 e. The van der Waals surface area contributed by atoms with Crippen LogP contribution in [0.2, 0.25) is 0 Å². The summed E-state index contributed by atoms with van der Waals surface area (Å²) in [6.45, 7) is 6.59. The van der Waals surface area contributed by atoms with Crippen LogP contribution < -0.4 is 5.32 Å². The van der Waals surface area contributed by atoms with Crippen molar-refractivity contribution in [2.75, 3.05) is 11.9 Å². The van der Waals surface area contributed by atoms with E-state index in [9.17, 15) is 9.59 Å². The average Bonchev–Trinajstić information content (AvgIpc) is 3.05. The molecule has 2 aromatic heterocycles. The Bertz CT molecular complexity index is 1090. The highest BCUT2D eigenvalue weighted by molar-refractivity contribution is 6.09. The van der Waals surface area contributed by atoms with E-state index >= 15 is 0 Å². The largest absolute Gasteiger partial charge is 0.336 e. The molecule has 0 bridgehead atoms. The van der Waals surface area contributed by atoms with E-state index in [0.29, 0.717) is 28.2 Å². The van der Waals surface area contributed by atoms with Crippen LogP contribution in [-0.4, -0.2) is 43.9 Å². The van der Waals surface area contributed by atoms with Gasteiger partial charge in [-0.2, -0.15) is 5.10 Å². The van der Waals surface area contributed by atoms with Gasteiger partial charge in [0.1, 0.15) is 5.56 Å². The lowest BCUT2D eigenvalue weighted by Crippen LogP contribution is -2.42. The number of rotatable bonds is 3. The van der Waals surface area contributed by atoms with Gasteiger partial charge in [-0.25, -0.2) is 9.50 Å². The number of carbonyl (C=O) groups is 2. The fraction of sp³-hybridized carbons (Fsp3) is 0.364. The van der Waals surface area contributed by atoms with Crippen molar-refractivity contribution < 1.29 is 9.59 Å². The molecule has 1 aromatic carbocycles. The highest BCUT2D eigenvalue weighted by atomic mass is 16.2. The van der Waals surface area contributed by atoms with E-state index in [1.54, 1.807) is 42.0 Å². The molecule has 3 aromatic rings. The number of carbonyl (C=O) groups excluding carboxylic acids is 2. The molecule has 1 N–H and O–H groups in total. The molecule has 3 heterocycles. The van der Waals surface area contributed by atoms with Crippen molar-refractivity contribution in [3.05, 3.63) is 59.0 Å². The van der Waals surface area contributed by atoms with E-state index < -0.39 is 0 Å². The fourth-order valence-electron chi connectivity index (χ4n) is 3.95. The molecular weight excluding hydrogens is 366 g/mol. The summed E-state index contributed by atoms with van der Waals surface area (Å²) in [5, 5.41) is 7.28. The van der Waals surface area contributed by atoms with Crippen LogP contribution in [0.5, 0.6) is 0 Å². The molecular formula is C22H25N5O2. The highest BCUT2D eigenvalue weighted by Crippen LogP contribution is 2.23. The van der Waals surface area contributed by atoms with Crippen molar-refractivity contribution in [1.82, 2.24) is 19.5 Å². The number of aromatic nitrogens is 3. The second-order valence-electron chi connectivity index (χ2n) is 7.68. The number of piperidine rings is 1. The van der Waals surface area contributed by atoms with Crippen molar-refractivity contribution in [1.29, 1.82) is 0 Å². The minimum atomic E-state index is -0.261. The number of fused-ring (bicyclic) bond motifs is 1. The molecule has 0 saturated carbocycles. The minimum absolute atomic E-state index is 0.0563. The molecule has 2 amide bonds. The molecule has 1 aliphatic heterocycles. The molecule has 150 valence electrons. The summed E-state index contributed by atoms with van der Waals surface area (Å²) in [5.41, 5.74) is 3.76. The molecule has 0 aliphatic carbocycles. The van der Waals surface area contributed by atoms with E-state index in [1.807, 2.05) is 17.9 Å². The van der Waals surface area contributed by atoms with Gasteiger partial charge in [0.2, 0.25) is 0 Å². The van der Waals surface area contributed by atoms with Crippen LogP contribution in [0.1, 0.15) is 58.2 Å². The lowest BCUT2D eigenvalue weighted by Gasteiger charge is -2.33. The summed E-state index contributed by atoms with van der Waals surface area (Å²) in [6, 6.07) is 7.46. The van der Waals surface area contributed by atoms with Gasteiger partial charge in [-0.1, -0.05) is 0 Å². The monoisotopic (exact) mass is 391 g/mol. The molecule has 4 rings (SSSR count). The summed E-state index contributed by atoms with van der Waals surface area (Å²) in [6.07, 6.45) is 6.68. The molecule has 7 heteroatoms. The standard InChI is InChI=1S/C22H25N5O2/c1-14-13-17(22(29)26-11-5-4-7-15(26)2)8-9-18(14)24-21(28)19-16(3)25-27-12-6-10-23-20(19)27/h6,8-10,12-13,15H,4-5,7,11H2,1-3H3,(H,24,28). The maximum atomic E-state index is 12.9. The molecule has 7 nitrogen and oxygen atoms in total. The maximum Gasteiger partial charge on any atom is 0.261 e. The number of nitrogens with one attached hydrogen (secondary N) is 1.